The van der Waals surface area contributed by atoms with E-state index in [4.69, 9.17) is 0 Å². The van der Waals surface area contributed by atoms with Crippen molar-refractivity contribution < 1.29 is 9.90 Å². The van der Waals surface area contributed by atoms with Gasteiger partial charge in [-0.15, -0.1) is 0 Å². The first-order valence-electron chi connectivity index (χ1n) is 8.11. The summed E-state index contributed by atoms with van der Waals surface area (Å²) >= 11 is 0. The Kier molecular flexibility index (Phi) is 5.12. The van der Waals surface area contributed by atoms with Gasteiger partial charge >= 0.3 is 5.97 Å². The second-order valence-electron chi connectivity index (χ2n) is 7.09. The number of nitrogens with zero attached hydrogens (tertiary/aromatic N) is 2. The number of aliphatic carboxylic acids is 1. The van der Waals surface area contributed by atoms with E-state index in [1.54, 1.807) is 0 Å². The molecular formula is C18H28N2O2. The van der Waals surface area contributed by atoms with Crippen LogP contribution in [0.25, 0.3) is 0 Å². The molecule has 0 amide bonds. The van der Waals surface area contributed by atoms with Crippen molar-refractivity contribution in [3.63, 3.8) is 0 Å². The number of piperazine rings is 1. The van der Waals surface area contributed by atoms with Crippen LogP contribution in [0.3, 0.4) is 0 Å². The third kappa shape index (κ3) is 3.80. The number of carboxylic acid groups (broad SMARTS) is 1. The molecule has 2 rings (SSSR count). The van der Waals surface area contributed by atoms with Gasteiger partial charge in [0, 0.05) is 43.3 Å². The molecule has 0 aliphatic carbocycles. The van der Waals surface area contributed by atoms with Gasteiger partial charge in [-0.05, 0) is 25.5 Å². The van der Waals surface area contributed by atoms with E-state index in [0.717, 1.165) is 31.7 Å². The molecule has 22 heavy (non-hydrogen) atoms. The van der Waals surface area contributed by atoms with Crippen molar-refractivity contribution in [2.75, 3.05) is 31.1 Å². The third-order valence-electron chi connectivity index (χ3n) is 4.61. The number of para-hydroxylation sites is 1. The standard InChI is InChI=1S/C18H28N2O2/c1-14(2)19-9-11-20(12-10-19)16-8-6-5-7-15(16)18(3,4)13-17(21)22/h5-8,14H,9-13H2,1-4H3,(H,21,22). The lowest BCUT2D eigenvalue weighted by atomic mass is 9.80. The number of carbonyl (C=O) groups is 1. The molecule has 1 heterocycles. The van der Waals surface area contributed by atoms with Crippen LogP contribution >= 0.6 is 0 Å². The minimum Gasteiger partial charge on any atom is -0.481 e. The van der Waals surface area contributed by atoms with Gasteiger partial charge in [-0.2, -0.15) is 0 Å². The molecule has 1 fully saturated rings. The summed E-state index contributed by atoms with van der Waals surface area (Å²) in [5.41, 5.74) is 1.96. The summed E-state index contributed by atoms with van der Waals surface area (Å²) < 4.78 is 0. The van der Waals surface area contributed by atoms with Gasteiger partial charge in [0.05, 0.1) is 6.42 Å². The monoisotopic (exact) mass is 304 g/mol. The van der Waals surface area contributed by atoms with E-state index in [-0.39, 0.29) is 11.8 Å². The van der Waals surface area contributed by atoms with E-state index in [0.29, 0.717) is 6.04 Å². The van der Waals surface area contributed by atoms with Crippen LogP contribution in [0, 0.1) is 0 Å². The Labute approximate surface area is 133 Å². The topological polar surface area (TPSA) is 43.8 Å². The Morgan fingerprint density at radius 3 is 2.32 bits per heavy atom. The van der Waals surface area contributed by atoms with Crippen molar-refractivity contribution in [2.24, 2.45) is 0 Å². The summed E-state index contributed by atoms with van der Waals surface area (Å²) in [7, 11) is 0. The van der Waals surface area contributed by atoms with Crippen LogP contribution in [0.5, 0.6) is 0 Å². The highest BCUT2D eigenvalue weighted by molar-refractivity contribution is 5.70. The second kappa shape index (κ2) is 6.69. The molecule has 1 aliphatic rings. The molecule has 0 bridgehead atoms. The molecule has 1 aromatic carbocycles. The van der Waals surface area contributed by atoms with E-state index in [1.807, 2.05) is 26.0 Å². The van der Waals surface area contributed by atoms with Gasteiger partial charge in [0.1, 0.15) is 0 Å². The molecule has 122 valence electrons. The summed E-state index contributed by atoms with van der Waals surface area (Å²) in [5, 5.41) is 9.19. The van der Waals surface area contributed by atoms with Crippen LogP contribution < -0.4 is 4.90 Å². The molecule has 4 nitrogen and oxygen atoms in total. The highest BCUT2D eigenvalue weighted by atomic mass is 16.4. The first kappa shape index (κ1) is 16.8. The van der Waals surface area contributed by atoms with Crippen LogP contribution in [0.4, 0.5) is 5.69 Å². The van der Waals surface area contributed by atoms with Gasteiger partial charge in [-0.1, -0.05) is 32.0 Å². The summed E-state index contributed by atoms with van der Waals surface area (Å²) in [6.07, 6.45) is 0.149. The molecule has 0 radical (unpaired) electrons. The number of hydrogen-bond acceptors (Lipinski definition) is 3. The van der Waals surface area contributed by atoms with E-state index in [2.05, 4.69) is 35.8 Å². The molecular weight excluding hydrogens is 276 g/mol. The molecule has 4 heteroatoms. The zero-order valence-electron chi connectivity index (χ0n) is 14.2. The Morgan fingerprint density at radius 2 is 1.77 bits per heavy atom. The Balaban J connectivity index is 2.21. The van der Waals surface area contributed by atoms with Crippen LogP contribution in [0.1, 0.15) is 39.7 Å². The lowest BCUT2D eigenvalue weighted by Gasteiger charge is -2.40. The summed E-state index contributed by atoms with van der Waals surface area (Å²) in [4.78, 5) is 16.1. The normalized spacial score (nSPS) is 17.0. The fraction of sp³-hybridized carbons (Fsp3) is 0.611. The number of rotatable bonds is 5. The van der Waals surface area contributed by atoms with Crippen molar-refractivity contribution in [1.29, 1.82) is 0 Å². The van der Waals surface area contributed by atoms with Crippen LogP contribution in [0.15, 0.2) is 24.3 Å². The molecule has 1 N–H and O–H groups in total. The van der Waals surface area contributed by atoms with Crippen molar-refractivity contribution in [1.82, 2.24) is 4.90 Å². The van der Waals surface area contributed by atoms with Gasteiger partial charge in [0.25, 0.3) is 0 Å². The summed E-state index contributed by atoms with van der Waals surface area (Å²) in [6, 6.07) is 8.84. The van der Waals surface area contributed by atoms with Crippen molar-refractivity contribution >= 4 is 11.7 Å². The van der Waals surface area contributed by atoms with E-state index in [9.17, 15) is 9.90 Å². The zero-order valence-corrected chi connectivity index (χ0v) is 14.2. The average molecular weight is 304 g/mol. The lowest BCUT2D eigenvalue weighted by Crippen LogP contribution is -2.49. The summed E-state index contributed by atoms with van der Waals surface area (Å²) in [6.45, 7) is 12.6. The van der Waals surface area contributed by atoms with Crippen LogP contribution in [-0.4, -0.2) is 48.2 Å². The summed E-state index contributed by atoms with van der Waals surface area (Å²) in [5.74, 6) is -0.746. The minimum atomic E-state index is -0.746. The molecule has 0 unspecified atom stereocenters. The Bertz CT molecular complexity index is 518. The molecule has 0 saturated carbocycles. The van der Waals surface area contributed by atoms with E-state index >= 15 is 0 Å². The largest absolute Gasteiger partial charge is 0.481 e. The minimum absolute atomic E-state index is 0.149. The van der Waals surface area contributed by atoms with Crippen molar-refractivity contribution in [3.8, 4) is 0 Å². The number of hydrogen-bond donors (Lipinski definition) is 1. The SMILES string of the molecule is CC(C)N1CCN(c2ccccc2C(C)(C)CC(=O)O)CC1. The predicted octanol–water partition coefficient (Wildman–Crippen LogP) is 2.97. The maximum absolute atomic E-state index is 11.2. The molecule has 1 aliphatic heterocycles. The molecule has 0 spiro atoms. The van der Waals surface area contributed by atoms with Gasteiger partial charge in [-0.25, -0.2) is 0 Å². The highest BCUT2D eigenvalue weighted by Crippen LogP contribution is 2.35. The molecule has 0 aromatic heterocycles. The van der Waals surface area contributed by atoms with Gasteiger partial charge in [0.2, 0.25) is 0 Å². The number of carboxylic acids is 1. The molecule has 1 saturated heterocycles. The first-order valence-corrected chi connectivity index (χ1v) is 8.11. The predicted molar refractivity (Wildman–Crippen MR) is 90.6 cm³/mol. The quantitative estimate of drug-likeness (QED) is 0.908. The van der Waals surface area contributed by atoms with Gasteiger partial charge in [-0.3, -0.25) is 9.69 Å². The maximum Gasteiger partial charge on any atom is 0.304 e. The molecule has 0 atom stereocenters. The average Bonchev–Trinajstić information content (AvgIpc) is 2.46. The Hall–Kier alpha value is -1.55. The van der Waals surface area contributed by atoms with Gasteiger partial charge in [0.15, 0.2) is 0 Å². The Morgan fingerprint density at radius 1 is 1.18 bits per heavy atom. The fourth-order valence-corrected chi connectivity index (χ4v) is 3.27. The number of anilines is 1. The second-order valence-corrected chi connectivity index (χ2v) is 7.09. The zero-order chi connectivity index (χ0) is 16.3. The highest BCUT2D eigenvalue weighted by Gasteiger charge is 2.29. The fourth-order valence-electron chi connectivity index (χ4n) is 3.27. The molecule has 1 aromatic rings. The van der Waals surface area contributed by atoms with E-state index in [1.165, 1.54) is 5.69 Å². The smallest absolute Gasteiger partial charge is 0.304 e. The van der Waals surface area contributed by atoms with Crippen molar-refractivity contribution in [3.05, 3.63) is 29.8 Å². The van der Waals surface area contributed by atoms with Crippen LogP contribution in [0.2, 0.25) is 0 Å². The first-order chi connectivity index (χ1) is 10.3. The lowest BCUT2D eigenvalue weighted by molar-refractivity contribution is -0.138. The van der Waals surface area contributed by atoms with Crippen LogP contribution in [-0.2, 0) is 10.2 Å². The van der Waals surface area contributed by atoms with Gasteiger partial charge < -0.3 is 10.0 Å². The third-order valence-corrected chi connectivity index (χ3v) is 4.61. The van der Waals surface area contributed by atoms with Crippen molar-refractivity contribution in [2.45, 2.75) is 45.6 Å². The maximum atomic E-state index is 11.2. The van der Waals surface area contributed by atoms with E-state index < -0.39 is 5.97 Å². The number of benzene rings is 1.